The monoisotopic (exact) mass is 220 g/mol. The van der Waals surface area contributed by atoms with Crippen molar-refractivity contribution in [1.82, 2.24) is 20.4 Å². The van der Waals surface area contributed by atoms with E-state index in [1.807, 2.05) is 12.1 Å². The molecule has 7 nitrogen and oxygen atoms in total. The Morgan fingerprint density at radius 3 is 3.00 bits per heavy atom. The van der Waals surface area contributed by atoms with Gasteiger partial charge in [-0.05, 0) is 12.1 Å². The van der Waals surface area contributed by atoms with E-state index in [-0.39, 0.29) is 0 Å². The number of hydrogen-bond acceptors (Lipinski definition) is 7. The Bertz CT molecular complexity index is 429. The SMILES string of the molecule is NCCc1nnc(NCc2cccnn2)o1. The summed E-state index contributed by atoms with van der Waals surface area (Å²) < 4.78 is 5.28. The first-order chi connectivity index (χ1) is 7.88. The molecule has 0 atom stereocenters. The molecule has 7 heteroatoms. The molecule has 0 radical (unpaired) electrons. The summed E-state index contributed by atoms with van der Waals surface area (Å²) in [7, 11) is 0. The van der Waals surface area contributed by atoms with Crippen molar-refractivity contribution in [3.8, 4) is 0 Å². The highest BCUT2D eigenvalue weighted by Crippen LogP contribution is 2.06. The lowest BCUT2D eigenvalue weighted by Gasteiger charge is -1.98. The van der Waals surface area contributed by atoms with Crippen LogP contribution in [-0.4, -0.2) is 26.9 Å². The molecule has 2 heterocycles. The molecule has 0 bridgehead atoms. The van der Waals surface area contributed by atoms with Crippen molar-refractivity contribution < 1.29 is 4.42 Å². The third kappa shape index (κ3) is 2.74. The summed E-state index contributed by atoms with van der Waals surface area (Å²) in [6, 6.07) is 4.04. The predicted molar refractivity (Wildman–Crippen MR) is 56.4 cm³/mol. The number of nitrogens with two attached hydrogens (primary N) is 1. The second-order valence-electron chi connectivity index (χ2n) is 3.11. The summed E-state index contributed by atoms with van der Waals surface area (Å²) in [5.74, 6) is 0.532. The maximum atomic E-state index is 5.37. The van der Waals surface area contributed by atoms with E-state index in [2.05, 4.69) is 25.7 Å². The molecule has 3 N–H and O–H groups in total. The fourth-order valence-corrected chi connectivity index (χ4v) is 1.14. The van der Waals surface area contributed by atoms with Gasteiger partial charge in [-0.25, -0.2) is 0 Å². The zero-order chi connectivity index (χ0) is 11.2. The minimum Gasteiger partial charge on any atom is -0.408 e. The summed E-state index contributed by atoms with van der Waals surface area (Å²) in [5, 5.41) is 18.3. The smallest absolute Gasteiger partial charge is 0.315 e. The fraction of sp³-hybridized carbons (Fsp3) is 0.333. The van der Waals surface area contributed by atoms with Gasteiger partial charge >= 0.3 is 6.01 Å². The third-order valence-electron chi connectivity index (χ3n) is 1.87. The van der Waals surface area contributed by atoms with Crippen LogP contribution in [0.25, 0.3) is 0 Å². The second-order valence-corrected chi connectivity index (χ2v) is 3.11. The van der Waals surface area contributed by atoms with Gasteiger partial charge in [0.2, 0.25) is 5.89 Å². The fourth-order valence-electron chi connectivity index (χ4n) is 1.14. The molecule has 0 saturated carbocycles. The van der Waals surface area contributed by atoms with Gasteiger partial charge in [0.15, 0.2) is 0 Å². The van der Waals surface area contributed by atoms with Gasteiger partial charge in [0.05, 0.1) is 12.2 Å². The lowest BCUT2D eigenvalue weighted by atomic mass is 10.4. The Hall–Kier alpha value is -2.02. The molecule has 0 aliphatic heterocycles. The largest absolute Gasteiger partial charge is 0.408 e. The molecule has 0 aromatic carbocycles. The van der Waals surface area contributed by atoms with Gasteiger partial charge < -0.3 is 15.5 Å². The van der Waals surface area contributed by atoms with Gasteiger partial charge in [0, 0.05) is 19.2 Å². The van der Waals surface area contributed by atoms with Crippen LogP contribution in [0.2, 0.25) is 0 Å². The van der Waals surface area contributed by atoms with Gasteiger partial charge in [-0.15, -0.1) is 5.10 Å². The Kier molecular flexibility index (Phi) is 3.39. The van der Waals surface area contributed by atoms with Crippen molar-refractivity contribution in [2.75, 3.05) is 11.9 Å². The molecule has 0 fully saturated rings. The number of nitrogens with zero attached hydrogens (tertiary/aromatic N) is 4. The summed E-state index contributed by atoms with van der Waals surface area (Å²) >= 11 is 0. The average molecular weight is 220 g/mol. The maximum absolute atomic E-state index is 5.37. The molecule has 2 rings (SSSR count). The highest BCUT2D eigenvalue weighted by atomic mass is 16.4. The molecule has 2 aromatic rings. The summed E-state index contributed by atoms with van der Waals surface area (Å²) in [6.07, 6.45) is 2.20. The Labute approximate surface area is 92.1 Å². The third-order valence-corrected chi connectivity index (χ3v) is 1.87. The van der Waals surface area contributed by atoms with Gasteiger partial charge in [-0.1, -0.05) is 5.10 Å². The van der Waals surface area contributed by atoms with E-state index < -0.39 is 0 Å². The highest BCUT2D eigenvalue weighted by molar-refractivity contribution is 5.19. The van der Waals surface area contributed by atoms with Crippen LogP contribution in [0, 0.1) is 0 Å². The molecule has 16 heavy (non-hydrogen) atoms. The Morgan fingerprint density at radius 1 is 1.31 bits per heavy atom. The molecule has 0 spiro atoms. The van der Waals surface area contributed by atoms with E-state index in [0.717, 1.165) is 5.69 Å². The highest BCUT2D eigenvalue weighted by Gasteiger charge is 2.04. The number of rotatable bonds is 5. The Morgan fingerprint density at radius 2 is 2.25 bits per heavy atom. The van der Waals surface area contributed by atoms with Crippen molar-refractivity contribution in [1.29, 1.82) is 0 Å². The van der Waals surface area contributed by atoms with E-state index in [1.54, 1.807) is 6.20 Å². The topological polar surface area (TPSA) is 103 Å². The molecule has 0 aliphatic carbocycles. The van der Waals surface area contributed by atoms with E-state index in [1.165, 1.54) is 0 Å². The molecule has 0 amide bonds. The second kappa shape index (κ2) is 5.17. The minimum atomic E-state index is 0.370. The molecule has 84 valence electrons. The first-order valence-electron chi connectivity index (χ1n) is 4.91. The number of hydrogen-bond donors (Lipinski definition) is 2. The normalized spacial score (nSPS) is 10.3. The van der Waals surface area contributed by atoms with E-state index in [4.69, 9.17) is 10.2 Å². The van der Waals surface area contributed by atoms with E-state index >= 15 is 0 Å². The van der Waals surface area contributed by atoms with Crippen LogP contribution in [0.3, 0.4) is 0 Å². The molecule has 0 unspecified atom stereocenters. The lowest BCUT2D eigenvalue weighted by molar-refractivity contribution is 0.505. The van der Waals surface area contributed by atoms with Gasteiger partial charge in [0.1, 0.15) is 0 Å². The minimum absolute atomic E-state index is 0.370. The Balaban J connectivity index is 1.89. The number of nitrogens with one attached hydrogen (secondary N) is 1. The lowest BCUT2D eigenvalue weighted by Crippen LogP contribution is -2.03. The van der Waals surface area contributed by atoms with Crippen molar-refractivity contribution in [2.24, 2.45) is 5.73 Å². The predicted octanol–water partition coefficient (Wildman–Crippen LogP) is -0.0271. The van der Waals surface area contributed by atoms with Crippen LogP contribution in [0.4, 0.5) is 6.01 Å². The van der Waals surface area contributed by atoms with Crippen LogP contribution < -0.4 is 11.1 Å². The van der Waals surface area contributed by atoms with Crippen LogP contribution in [0.5, 0.6) is 0 Å². The standard InChI is InChI=1S/C9H12N6O/c10-4-3-8-14-15-9(16-8)11-6-7-2-1-5-12-13-7/h1-2,5H,3-4,6,10H2,(H,11,15). The van der Waals surface area contributed by atoms with Crippen LogP contribution in [0.15, 0.2) is 22.7 Å². The van der Waals surface area contributed by atoms with Crippen molar-refractivity contribution in [2.45, 2.75) is 13.0 Å². The number of anilines is 1. The van der Waals surface area contributed by atoms with Crippen molar-refractivity contribution >= 4 is 6.01 Å². The zero-order valence-electron chi connectivity index (χ0n) is 8.63. The van der Waals surface area contributed by atoms with E-state index in [0.29, 0.717) is 31.4 Å². The van der Waals surface area contributed by atoms with Crippen molar-refractivity contribution in [3.05, 3.63) is 29.9 Å². The summed E-state index contributed by atoms with van der Waals surface area (Å²) in [5.41, 5.74) is 6.17. The molecule has 2 aromatic heterocycles. The van der Waals surface area contributed by atoms with Crippen LogP contribution in [-0.2, 0) is 13.0 Å². The summed E-state index contributed by atoms with van der Waals surface area (Å²) in [6.45, 7) is 0.990. The number of aromatic nitrogens is 4. The van der Waals surface area contributed by atoms with Crippen LogP contribution in [0.1, 0.15) is 11.6 Å². The molecular formula is C9H12N6O. The van der Waals surface area contributed by atoms with Gasteiger partial charge in [-0.2, -0.15) is 10.2 Å². The summed E-state index contributed by atoms with van der Waals surface area (Å²) in [4.78, 5) is 0. The first kappa shape index (κ1) is 10.5. The quantitative estimate of drug-likeness (QED) is 0.729. The van der Waals surface area contributed by atoms with Gasteiger partial charge in [-0.3, -0.25) is 0 Å². The van der Waals surface area contributed by atoms with Crippen LogP contribution >= 0.6 is 0 Å². The maximum Gasteiger partial charge on any atom is 0.315 e. The van der Waals surface area contributed by atoms with Crippen molar-refractivity contribution in [3.63, 3.8) is 0 Å². The van der Waals surface area contributed by atoms with Gasteiger partial charge in [0.25, 0.3) is 0 Å². The molecular weight excluding hydrogens is 208 g/mol. The average Bonchev–Trinajstić information content (AvgIpc) is 2.76. The zero-order valence-corrected chi connectivity index (χ0v) is 8.63. The molecule has 0 saturated heterocycles. The van der Waals surface area contributed by atoms with E-state index in [9.17, 15) is 0 Å². The first-order valence-corrected chi connectivity index (χ1v) is 4.91. The molecule has 0 aliphatic rings.